The van der Waals surface area contributed by atoms with E-state index in [1.165, 1.54) is 18.2 Å². The smallest absolute Gasteiger partial charge is 0.263 e. The van der Waals surface area contributed by atoms with Crippen LogP contribution in [-0.2, 0) is 10.0 Å². The van der Waals surface area contributed by atoms with Crippen LogP contribution in [0.1, 0.15) is 15.9 Å². The lowest BCUT2D eigenvalue weighted by molar-refractivity contribution is 0.0650. The number of hydrogen-bond donors (Lipinski definition) is 1. The number of carbonyl (C=O) groups is 1. The number of benzene rings is 3. The van der Waals surface area contributed by atoms with Gasteiger partial charge in [0.05, 0.1) is 21.3 Å². The van der Waals surface area contributed by atoms with Gasteiger partial charge in [0.2, 0.25) is 0 Å². The third-order valence-electron chi connectivity index (χ3n) is 5.75. The lowest BCUT2D eigenvalue weighted by Crippen LogP contribution is -2.48. The zero-order valence-corrected chi connectivity index (χ0v) is 22.3. The molecule has 1 saturated heterocycles. The topological polar surface area (TPSA) is 69.7 Å². The summed E-state index contributed by atoms with van der Waals surface area (Å²) in [5.74, 6) is -0.338. The van der Waals surface area contributed by atoms with E-state index in [1.807, 2.05) is 30.3 Å². The highest BCUT2D eigenvalue weighted by atomic mass is 35.5. The Hall–Kier alpha value is -2.55. The van der Waals surface area contributed by atoms with Crippen molar-refractivity contribution < 1.29 is 13.2 Å². The van der Waals surface area contributed by atoms with E-state index in [4.69, 9.17) is 34.8 Å². The number of anilines is 1. The Kier molecular flexibility index (Phi) is 8.59. The van der Waals surface area contributed by atoms with E-state index in [2.05, 4.69) is 21.8 Å². The predicted molar refractivity (Wildman–Crippen MR) is 147 cm³/mol. The summed E-state index contributed by atoms with van der Waals surface area (Å²) in [6, 6.07) is 18.9. The van der Waals surface area contributed by atoms with Gasteiger partial charge in [-0.2, -0.15) is 0 Å². The third kappa shape index (κ3) is 6.60. The number of amides is 1. The lowest BCUT2D eigenvalue weighted by atomic mass is 10.1. The molecule has 3 aromatic carbocycles. The summed E-state index contributed by atoms with van der Waals surface area (Å²) in [6.07, 6.45) is 4.18. The van der Waals surface area contributed by atoms with Crippen molar-refractivity contribution in [1.82, 2.24) is 9.80 Å². The highest BCUT2D eigenvalue weighted by molar-refractivity contribution is 7.92. The van der Waals surface area contributed by atoms with Crippen molar-refractivity contribution in [3.8, 4) is 0 Å². The fraction of sp³-hybridized carbons (Fsp3) is 0.192. The fourth-order valence-electron chi connectivity index (χ4n) is 3.87. The maximum Gasteiger partial charge on any atom is 0.263 e. The maximum atomic E-state index is 13.3. The van der Waals surface area contributed by atoms with E-state index in [9.17, 15) is 13.2 Å². The van der Waals surface area contributed by atoms with Crippen molar-refractivity contribution in [3.63, 3.8) is 0 Å². The van der Waals surface area contributed by atoms with Gasteiger partial charge in [0.25, 0.3) is 15.9 Å². The van der Waals surface area contributed by atoms with Crippen LogP contribution in [0.2, 0.25) is 15.1 Å². The highest BCUT2D eigenvalue weighted by Crippen LogP contribution is 2.31. The first-order valence-corrected chi connectivity index (χ1v) is 13.9. The zero-order chi connectivity index (χ0) is 25.7. The number of nitrogens with one attached hydrogen (secondary N) is 1. The van der Waals surface area contributed by atoms with Gasteiger partial charge in [-0.3, -0.25) is 14.4 Å². The summed E-state index contributed by atoms with van der Waals surface area (Å²) in [5, 5.41) is 0.393. The Morgan fingerprint density at radius 3 is 2.31 bits per heavy atom. The van der Waals surface area contributed by atoms with Gasteiger partial charge in [0.15, 0.2) is 0 Å². The van der Waals surface area contributed by atoms with Crippen LogP contribution in [0.3, 0.4) is 0 Å². The molecule has 3 aromatic rings. The Morgan fingerprint density at radius 1 is 0.889 bits per heavy atom. The van der Waals surface area contributed by atoms with Crippen LogP contribution in [0.4, 0.5) is 5.69 Å². The second-order valence-corrected chi connectivity index (χ2v) is 11.2. The van der Waals surface area contributed by atoms with Crippen LogP contribution >= 0.6 is 34.8 Å². The second-order valence-electron chi connectivity index (χ2n) is 8.28. The van der Waals surface area contributed by atoms with Gasteiger partial charge in [-0.1, -0.05) is 83.4 Å². The molecule has 36 heavy (non-hydrogen) atoms. The fourth-order valence-corrected chi connectivity index (χ4v) is 5.96. The Labute approximate surface area is 226 Å². The molecule has 0 spiro atoms. The van der Waals surface area contributed by atoms with Crippen molar-refractivity contribution in [3.05, 3.63) is 99.0 Å². The molecule has 0 unspecified atom stereocenters. The Balaban J connectivity index is 1.44. The Bertz CT molecular complexity index is 1370. The molecule has 1 aliphatic rings. The van der Waals surface area contributed by atoms with Crippen LogP contribution in [-0.4, -0.2) is 56.8 Å². The summed E-state index contributed by atoms with van der Waals surface area (Å²) in [5.41, 5.74) is 1.50. The minimum absolute atomic E-state index is 0.0823. The summed E-state index contributed by atoms with van der Waals surface area (Å²) in [4.78, 5) is 16.9. The summed E-state index contributed by atoms with van der Waals surface area (Å²) in [6.45, 7) is 3.16. The molecule has 0 radical (unpaired) electrons. The van der Waals surface area contributed by atoms with Crippen molar-refractivity contribution >= 4 is 62.5 Å². The number of halogens is 3. The van der Waals surface area contributed by atoms with Crippen LogP contribution in [0, 0.1) is 0 Å². The molecule has 0 bridgehead atoms. The molecular formula is C26H24Cl3N3O3S. The molecule has 6 nitrogen and oxygen atoms in total. The molecule has 0 atom stereocenters. The molecular weight excluding hydrogens is 541 g/mol. The number of nitrogens with zero attached hydrogens (tertiary/aromatic N) is 2. The molecule has 1 N–H and O–H groups in total. The van der Waals surface area contributed by atoms with Crippen LogP contribution in [0.5, 0.6) is 0 Å². The molecule has 0 saturated carbocycles. The predicted octanol–water partition coefficient (Wildman–Crippen LogP) is 5.92. The van der Waals surface area contributed by atoms with Gasteiger partial charge >= 0.3 is 0 Å². The SMILES string of the molecule is O=C(c1cc(S(=O)(=O)Nc2cccc(Cl)c2)c(Cl)cc1Cl)N1CCN(CC=Cc2ccccc2)CC1. The molecule has 1 fully saturated rings. The minimum atomic E-state index is -4.09. The first kappa shape index (κ1) is 26.5. The van der Waals surface area contributed by atoms with Crippen LogP contribution in [0.25, 0.3) is 6.08 Å². The molecule has 1 amide bonds. The van der Waals surface area contributed by atoms with Crippen molar-refractivity contribution in [1.29, 1.82) is 0 Å². The van der Waals surface area contributed by atoms with E-state index in [0.29, 0.717) is 31.2 Å². The third-order valence-corrected chi connectivity index (χ3v) is 8.15. The lowest BCUT2D eigenvalue weighted by Gasteiger charge is -2.34. The maximum absolute atomic E-state index is 13.3. The van der Waals surface area contributed by atoms with Gasteiger partial charge in [0.1, 0.15) is 4.90 Å². The molecule has 1 heterocycles. The number of rotatable bonds is 7. The monoisotopic (exact) mass is 563 g/mol. The van der Waals surface area contributed by atoms with Crippen molar-refractivity contribution in [2.45, 2.75) is 4.90 Å². The normalized spacial score (nSPS) is 14.8. The number of sulfonamides is 1. The highest BCUT2D eigenvalue weighted by Gasteiger charge is 2.27. The van der Waals surface area contributed by atoms with E-state index >= 15 is 0 Å². The van der Waals surface area contributed by atoms with Crippen LogP contribution < -0.4 is 4.72 Å². The average Bonchev–Trinajstić information content (AvgIpc) is 2.84. The summed E-state index contributed by atoms with van der Waals surface area (Å²) in [7, 11) is -4.09. The molecule has 188 valence electrons. The van der Waals surface area contributed by atoms with Gasteiger partial charge in [0, 0.05) is 37.7 Å². The number of piperazine rings is 1. The van der Waals surface area contributed by atoms with Crippen LogP contribution in [0.15, 0.2) is 77.7 Å². The van der Waals surface area contributed by atoms with E-state index in [-0.39, 0.29) is 32.1 Å². The van der Waals surface area contributed by atoms with E-state index < -0.39 is 10.0 Å². The number of hydrogen-bond acceptors (Lipinski definition) is 4. The average molecular weight is 565 g/mol. The number of carbonyl (C=O) groups excluding carboxylic acids is 1. The van der Waals surface area contributed by atoms with Gasteiger partial charge < -0.3 is 4.90 Å². The van der Waals surface area contributed by atoms with Crippen molar-refractivity contribution in [2.24, 2.45) is 0 Å². The van der Waals surface area contributed by atoms with E-state index in [1.54, 1.807) is 23.1 Å². The molecule has 10 heteroatoms. The Morgan fingerprint density at radius 2 is 1.61 bits per heavy atom. The molecule has 0 aromatic heterocycles. The summed E-state index contributed by atoms with van der Waals surface area (Å²) < 4.78 is 28.5. The first-order chi connectivity index (χ1) is 17.2. The van der Waals surface area contributed by atoms with Gasteiger partial charge in [-0.25, -0.2) is 8.42 Å². The first-order valence-electron chi connectivity index (χ1n) is 11.2. The van der Waals surface area contributed by atoms with Gasteiger partial charge in [-0.15, -0.1) is 0 Å². The van der Waals surface area contributed by atoms with Gasteiger partial charge in [-0.05, 0) is 35.9 Å². The largest absolute Gasteiger partial charge is 0.336 e. The summed E-state index contributed by atoms with van der Waals surface area (Å²) >= 11 is 18.5. The minimum Gasteiger partial charge on any atom is -0.336 e. The molecule has 4 rings (SSSR count). The second kappa shape index (κ2) is 11.7. The van der Waals surface area contributed by atoms with E-state index in [0.717, 1.165) is 12.1 Å². The molecule has 0 aliphatic carbocycles. The van der Waals surface area contributed by atoms with Crippen molar-refractivity contribution in [2.75, 3.05) is 37.4 Å². The zero-order valence-electron chi connectivity index (χ0n) is 19.2. The quantitative estimate of drug-likeness (QED) is 0.387. The standard InChI is InChI=1S/C26H24Cl3N3O3S/c27-20-9-4-10-21(16-20)30-36(34,35)25-17-22(23(28)18-24(25)29)26(33)32-14-12-31(13-15-32)11-5-8-19-6-2-1-3-7-19/h1-10,16-18,30H,11-15H2. The molecule has 1 aliphatic heterocycles.